The zero-order valence-corrected chi connectivity index (χ0v) is 9.41. The van der Waals surface area contributed by atoms with Gasteiger partial charge in [0, 0.05) is 5.56 Å². The summed E-state index contributed by atoms with van der Waals surface area (Å²) in [6.45, 7) is 1.70. The van der Waals surface area contributed by atoms with E-state index in [0.29, 0.717) is 11.3 Å². The molecule has 0 heterocycles. The van der Waals surface area contributed by atoms with Crippen molar-refractivity contribution in [1.29, 1.82) is 0 Å². The second kappa shape index (κ2) is 4.89. The van der Waals surface area contributed by atoms with Crippen LogP contribution in [-0.2, 0) is 4.79 Å². The van der Waals surface area contributed by atoms with E-state index in [-0.39, 0.29) is 4.91 Å². The molecule has 0 fully saturated rings. The summed E-state index contributed by atoms with van der Waals surface area (Å²) in [5.74, 6) is -0.399. The van der Waals surface area contributed by atoms with Crippen LogP contribution in [0.15, 0.2) is 29.2 Å². The molecule has 1 rings (SSSR count). The smallest absolute Gasteiger partial charge is 0.342 e. The number of allylic oxidation sites excluding steroid dienone is 1. The van der Waals surface area contributed by atoms with E-state index in [9.17, 15) is 4.79 Å². The minimum Gasteiger partial charge on any atom is -0.496 e. The summed E-state index contributed by atoms with van der Waals surface area (Å²) in [6.07, 6.45) is 0. The van der Waals surface area contributed by atoms with Gasteiger partial charge in [-0.15, -0.1) is 12.6 Å². The number of para-hydroxylation sites is 1. The maximum Gasteiger partial charge on any atom is 0.342 e. The molecule has 0 aliphatic carbocycles. The van der Waals surface area contributed by atoms with E-state index in [1.165, 1.54) is 0 Å². The number of methoxy groups -OCH3 is 1. The molecule has 0 spiro atoms. The lowest BCUT2D eigenvalue weighted by Crippen LogP contribution is -1.98. The van der Waals surface area contributed by atoms with Crippen LogP contribution >= 0.6 is 12.6 Å². The molecular weight excluding hydrogens is 212 g/mol. The Morgan fingerprint density at radius 1 is 1.40 bits per heavy atom. The molecule has 0 aliphatic rings. The fraction of sp³-hybridized carbons (Fsp3) is 0.182. The first-order valence-electron chi connectivity index (χ1n) is 4.34. The number of carboxylic acid groups (broad SMARTS) is 1. The Morgan fingerprint density at radius 2 is 2.00 bits per heavy atom. The molecule has 0 aliphatic heterocycles. The standard InChI is InChI=1S/C11H12O3S/c1-7(10(15)11(12)13)8-5-3-4-6-9(8)14-2/h3-6,15H,1-2H3,(H,12,13)/b10-7-. The van der Waals surface area contributed by atoms with Crippen molar-refractivity contribution < 1.29 is 14.6 Å². The lowest BCUT2D eigenvalue weighted by atomic mass is 10.1. The van der Waals surface area contributed by atoms with Gasteiger partial charge in [0.1, 0.15) is 5.75 Å². The Balaban J connectivity index is 3.27. The molecule has 0 bridgehead atoms. The monoisotopic (exact) mass is 224 g/mol. The number of aliphatic carboxylic acids is 1. The van der Waals surface area contributed by atoms with Gasteiger partial charge >= 0.3 is 5.97 Å². The molecule has 0 amide bonds. The molecule has 0 saturated carbocycles. The minimum atomic E-state index is -1.04. The Labute approximate surface area is 93.8 Å². The molecule has 0 aromatic heterocycles. The largest absolute Gasteiger partial charge is 0.496 e. The van der Waals surface area contributed by atoms with Gasteiger partial charge in [-0.2, -0.15) is 0 Å². The first kappa shape index (κ1) is 11.7. The van der Waals surface area contributed by atoms with E-state index in [0.717, 1.165) is 5.56 Å². The van der Waals surface area contributed by atoms with Gasteiger partial charge in [0.25, 0.3) is 0 Å². The predicted molar refractivity (Wildman–Crippen MR) is 62.2 cm³/mol. The van der Waals surface area contributed by atoms with Gasteiger partial charge in [-0.25, -0.2) is 4.79 Å². The summed E-state index contributed by atoms with van der Waals surface area (Å²) in [4.78, 5) is 10.8. The molecule has 1 aromatic rings. The van der Waals surface area contributed by atoms with Crippen molar-refractivity contribution >= 4 is 24.2 Å². The number of carboxylic acids is 1. The lowest BCUT2D eigenvalue weighted by molar-refractivity contribution is -0.131. The maximum atomic E-state index is 10.7. The van der Waals surface area contributed by atoms with E-state index < -0.39 is 5.97 Å². The van der Waals surface area contributed by atoms with Crippen LogP contribution < -0.4 is 4.74 Å². The third-order valence-electron chi connectivity index (χ3n) is 2.07. The summed E-state index contributed by atoms with van der Waals surface area (Å²) in [6, 6.07) is 7.23. The fourth-order valence-corrected chi connectivity index (χ4v) is 1.36. The molecule has 0 unspecified atom stereocenters. The second-order valence-corrected chi connectivity index (χ2v) is 3.43. The number of rotatable bonds is 3. The zero-order valence-electron chi connectivity index (χ0n) is 8.52. The summed E-state index contributed by atoms with van der Waals surface area (Å²) in [7, 11) is 1.55. The van der Waals surface area contributed by atoms with Gasteiger partial charge in [-0.3, -0.25) is 0 Å². The summed E-state index contributed by atoms with van der Waals surface area (Å²) in [5.41, 5.74) is 1.33. The number of ether oxygens (including phenoxy) is 1. The van der Waals surface area contributed by atoms with Crippen LogP contribution in [0.4, 0.5) is 0 Å². The molecule has 3 nitrogen and oxygen atoms in total. The van der Waals surface area contributed by atoms with Crippen molar-refractivity contribution in [2.75, 3.05) is 7.11 Å². The molecule has 0 atom stereocenters. The average Bonchev–Trinajstić information content (AvgIpc) is 2.26. The van der Waals surface area contributed by atoms with E-state index in [1.807, 2.05) is 12.1 Å². The number of hydrogen-bond acceptors (Lipinski definition) is 3. The first-order chi connectivity index (χ1) is 7.07. The van der Waals surface area contributed by atoms with Crippen LogP contribution in [0.3, 0.4) is 0 Å². The van der Waals surface area contributed by atoms with E-state index in [2.05, 4.69) is 12.6 Å². The molecule has 80 valence electrons. The van der Waals surface area contributed by atoms with Crippen LogP contribution in [0, 0.1) is 0 Å². The summed E-state index contributed by atoms with van der Waals surface area (Å²) >= 11 is 3.94. The summed E-state index contributed by atoms with van der Waals surface area (Å²) < 4.78 is 5.14. The van der Waals surface area contributed by atoms with Gasteiger partial charge < -0.3 is 9.84 Å². The highest BCUT2D eigenvalue weighted by Gasteiger charge is 2.11. The van der Waals surface area contributed by atoms with Crippen LogP contribution in [-0.4, -0.2) is 18.2 Å². The zero-order chi connectivity index (χ0) is 11.4. The summed E-state index contributed by atoms with van der Waals surface area (Å²) in [5, 5.41) is 8.80. The number of hydrogen-bond donors (Lipinski definition) is 2. The normalized spacial score (nSPS) is 11.9. The highest BCUT2D eigenvalue weighted by atomic mass is 32.1. The van der Waals surface area contributed by atoms with Crippen LogP contribution in [0.2, 0.25) is 0 Å². The van der Waals surface area contributed by atoms with Gasteiger partial charge in [0.2, 0.25) is 0 Å². The molecule has 1 N–H and O–H groups in total. The molecule has 0 saturated heterocycles. The van der Waals surface area contributed by atoms with Crippen LogP contribution in [0.1, 0.15) is 12.5 Å². The predicted octanol–water partition coefficient (Wildman–Crippen LogP) is 2.44. The van der Waals surface area contributed by atoms with Gasteiger partial charge in [0.15, 0.2) is 0 Å². The Hall–Kier alpha value is -1.42. The minimum absolute atomic E-state index is 0.0273. The van der Waals surface area contributed by atoms with Crippen LogP contribution in [0.5, 0.6) is 5.75 Å². The fourth-order valence-electron chi connectivity index (χ4n) is 1.24. The number of benzene rings is 1. The lowest BCUT2D eigenvalue weighted by Gasteiger charge is -2.09. The van der Waals surface area contributed by atoms with Crippen molar-refractivity contribution in [2.45, 2.75) is 6.92 Å². The van der Waals surface area contributed by atoms with Crippen molar-refractivity contribution in [3.05, 3.63) is 34.7 Å². The maximum absolute atomic E-state index is 10.7. The first-order valence-corrected chi connectivity index (χ1v) is 4.79. The van der Waals surface area contributed by atoms with Crippen molar-refractivity contribution in [1.82, 2.24) is 0 Å². The number of thiol groups is 1. The van der Waals surface area contributed by atoms with Gasteiger partial charge in [-0.1, -0.05) is 18.2 Å². The second-order valence-electron chi connectivity index (χ2n) is 2.98. The van der Waals surface area contributed by atoms with E-state index in [1.54, 1.807) is 26.2 Å². The highest BCUT2D eigenvalue weighted by Crippen LogP contribution is 2.28. The SMILES string of the molecule is COc1ccccc1/C(C)=C(\S)C(=O)O. The Bertz CT molecular complexity index is 410. The molecule has 0 radical (unpaired) electrons. The highest BCUT2D eigenvalue weighted by molar-refractivity contribution is 7.85. The van der Waals surface area contributed by atoms with Crippen LogP contribution in [0.25, 0.3) is 5.57 Å². The molecule has 1 aromatic carbocycles. The average molecular weight is 224 g/mol. The number of carbonyl (C=O) groups is 1. The third kappa shape index (κ3) is 2.53. The molecular formula is C11H12O3S. The van der Waals surface area contributed by atoms with Crippen molar-refractivity contribution in [3.8, 4) is 5.75 Å². The Kier molecular flexibility index (Phi) is 3.80. The Morgan fingerprint density at radius 3 is 2.53 bits per heavy atom. The quantitative estimate of drug-likeness (QED) is 0.612. The van der Waals surface area contributed by atoms with E-state index in [4.69, 9.17) is 9.84 Å². The van der Waals surface area contributed by atoms with E-state index >= 15 is 0 Å². The third-order valence-corrected chi connectivity index (χ3v) is 2.60. The molecule has 4 heteroatoms. The van der Waals surface area contributed by atoms with Gasteiger partial charge in [0.05, 0.1) is 12.0 Å². The van der Waals surface area contributed by atoms with Crippen molar-refractivity contribution in [2.24, 2.45) is 0 Å². The van der Waals surface area contributed by atoms with Gasteiger partial charge in [-0.05, 0) is 18.6 Å². The van der Waals surface area contributed by atoms with Crippen molar-refractivity contribution in [3.63, 3.8) is 0 Å². The topological polar surface area (TPSA) is 46.5 Å². The molecule has 15 heavy (non-hydrogen) atoms.